The molecule has 0 bridgehead atoms. The van der Waals surface area contributed by atoms with Crippen molar-refractivity contribution in [3.05, 3.63) is 22.5 Å². The summed E-state index contributed by atoms with van der Waals surface area (Å²) in [6.45, 7) is -0.478. The molecule has 7 nitrogen and oxygen atoms in total. The van der Waals surface area contributed by atoms with Crippen LogP contribution in [-0.2, 0) is 11.3 Å². The van der Waals surface area contributed by atoms with E-state index in [1.165, 1.54) is 0 Å². The molecule has 0 spiro atoms. The molecule has 0 aromatic carbocycles. The first kappa shape index (κ1) is 12.7. The Bertz CT molecular complexity index is 323. The summed E-state index contributed by atoms with van der Waals surface area (Å²) < 4.78 is 0.924. The Kier molecular flexibility index (Phi) is 5.33. The van der Waals surface area contributed by atoms with Crippen molar-refractivity contribution >= 4 is 11.7 Å². The number of rotatable bonds is 3. The number of nitro groups is 1. The Morgan fingerprint density at radius 3 is 2.69 bits per heavy atom. The van der Waals surface area contributed by atoms with E-state index in [-0.39, 0.29) is 57.1 Å². The van der Waals surface area contributed by atoms with E-state index in [2.05, 4.69) is 5.10 Å². The molecule has 1 heterocycles. The van der Waals surface area contributed by atoms with Crippen molar-refractivity contribution in [2.24, 2.45) is 0 Å². The first-order chi connectivity index (χ1) is 5.59. The molecule has 0 aliphatic heterocycles. The van der Waals surface area contributed by atoms with Crippen LogP contribution in [0.4, 0.5) is 5.69 Å². The van der Waals surface area contributed by atoms with Gasteiger partial charge in [-0.25, -0.2) is 0 Å². The van der Waals surface area contributed by atoms with Gasteiger partial charge in [-0.1, -0.05) is 0 Å². The van der Waals surface area contributed by atoms with Crippen LogP contribution in [0.5, 0.6) is 0 Å². The third-order valence-corrected chi connectivity index (χ3v) is 1.12. The van der Waals surface area contributed by atoms with Gasteiger partial charge in [-0.3, -0.25) is 14.8 Å². The maximum atomic E-state index is 10.1. The van der Waals surface area contributed by atoms with E-state index in [0.29, 0.717) is 0 Å². The normalized spacial score (nSPS) is 8.92. The van der Waals surface area contributed by atoms with E-state index in [0.717, 1.165) is 17.1 Å². The summed E-state index contributed by atoms with van der Waals surface area (Å²) in [6.07, 6.45) is 2.00. The van der Waals surface area contributed by atoms with Crippen LogP contribution in [-0.4, -0.2) is 20.7 Å². The van der Waals surface area contributed by atoms with Crippen LogP contribution in [0.25, 0.3) is 0 Å². The Morgan fingerprint density at radius 1 is 1.69 bits per heavy atom. The summed E-state index contributed by atoms with van der Waals surface area (Å²) in [7, 11) is 0. The summed E-state index contributed by atoms with van der Waals surface area (Å²) in [6, 6.07) is 0. The quantitative estimate of drug-likeness (QED) is 0.284. The van der Waals surface area contributed by atoms with Crippen LogP contribution < -0.4 is 56.5 Å². The molecule has 0 N–H and O–H groups in total. The molecule has 0 atom stereocenters. The first-order valence-electron chi connectivity index (χ1n) is 2.96. The average Bonchev–Trinajstić information content (AvgIpc) is 2.34. The van der Waals surface area contributed by atoms with E-state index in [1.807, 2.05) is 0 Å². The number of carbonyl (C=O) groups excluding carboxylic acids is 1. The Balaban J connectivity index is 0.00000144. The van der Waals surface area contributed by atoms with Gasteiger partial charge >= 0.3 is 57.1 Å². The van der Waals surface area contributed by atoms with Gasteiger partial charge in [-0.2, -0.15) is 5.10 Å². The number of carboxylic acids is 1. The second-order valence-corrected chi connectivity index (χ2v) is 2.03. The molecule has 0 radical (unpaired) electrons. The summed E-state index contributed by atoms with van der Waals surface area (Å²) in [5.74, 6) is -1.34. The fourth-order valence-electron chi connectivity index (χ4n) is 0.666. The zero-order valence-electron chi connectivity index (χ0n) is 6.84. The molecular weight excluding hydrogens is 205 g/mol. The van der Waals surface area contributed by atoms with E-state index in [9.17, 15) is 20.0 Å². The minimum absolute atomic E-state index is 0. The van der Waals surface area contributed by atoms with Gasteiger partial charge in [0.05, 0.1) is 17.4 Å². The molecule has 0 unspecified atom stereocenters. The van der Waals surface area contributed by atoms with Crippen molar-refractivity contribution in [2.75, 3.05) is 0 Å². The van der Waals surface area contributed by atoms with Gasteiger partial charge in [0.15, 0.2) is 0 Å². The third kappa shape index (κ3) is 3.96. The fraction of sp³-hybridized carbons (Fsp3) is 0.200. The number of aliphatic carboxylic acids is 1. The molecule has 13 heavy (non-hydrogen) atoms. The molecule has 0 saturated heterocycles. The minimum Gasteiger partial charge on any atom is -0.548 e. The fourth-order valence-corrected chi connectivity index (χ4v) is 0.666. The van der Waals surface area contributed by atoms with Crippen molar-refractivity contribution in [3.63, 3.8) is 0 Å². The largest absolute Gasteiger partial charge is 1.00 e. The zero-order valence-corrected chi connectivity index (χ0v) is 9.96. The van der Waals surface area contributed by atoms with Crippen LogP contribution in [0.2, 0.25) is 0 Å². The van der Waals surface area contributed by atoms with Gasteiger partial charge in [-0.15, -0.1) is 0 Å². The van der Waals surface area contributed by atoms with Crippen LogP contribution >= 0.6 is 0 Å². The van der Waals surface area contributed by atoms with Crippen molar-refractivity contribution in [2.45, 2.75) is 6.54 Å². The molecule has 0 fully saturated rings. The van der Waals surface area contributed by atoms with Crippen molar-refractivity contribution in [1.82, 2.24) is 9.78 Å². The first-order valence-corrected chi connectivity index (χ1v) is 2.96. The number of aromatic nitrogens is 2. The number of carbonyl (C=O) groups is 1. The van der Waals surface area contributed by atoms with Gasteiger partial charge in [0, 0.05) is 0 Å². The molecule has 64 valence electrons. The summed E-state index contributed by atoms with van der Waals surface area (Å²) in [5, 5.41) is 23.5. The van der Waals surface area contributed by atoms with Gasteiger partial charge < -0.3 is 9.90 Å². The van der Waals surface area contributed by atoms with Crippen LogP contribution in [0.3, 0.4) is 0 Å². The maximum Gasteiger partial charge on any atom is 1.00 e. The minimum atomic E-state index is -1.34. The smallest absolute Gasteiger partial charge is 0.548 e. The number of hydrogen-bond acceptors (Lipinski definition) is 5. The molecule has 0 saturated carbocycles. The predicted octanol–water partition coefficient (Wildman–Crippen LogP) is -4.45. The molecule has 0 aliphatic rings. The predicted molar refractivity (Wildman–Crippen MR) is 33.9 cm³/mol. The van der Waals surface area contributed by atoms with E-state index in [1.54, 1.807) is 0 Å². The van der Waals surface area contributed by atoms with Crippen LogP contribution in [0.1, 0.15) is 0 Å². The number of nitrogens with zero attached hydrogens (tertiary/aromatic N) is 3. The van der Waals surface area contributed by atoms with Crippen LogP contribution in [0.15, 0.2) is 12.4 Å². The Morgan fingerprint density at radius 2 is 2.31 bits per heavy atom. The van der Waals surface area contributed by atoms with Gasteiger partial charge in [-0.05, 0) is 0 Å². The topological polar surface area (TPSA) is 101 Å². The number of hydrogen-bond donors (Lipinski definition) is 0. The van der Waals surface area contributed by atoms with Crippen LogP contribution in [0, 0.1) is 10.1 Å². The monoisotopic (exact) mass is 209 g/mol. The molecular formula is C5H4KN3O4. The molecule has 1 aromatic rings. The van der Waals surface area contributed by atoms with Crippen molar-refractivity contribution in [3.8, 4) is 0 Å². The average molecular weight is 209 g/mol. The van der Waals surface area contributed by atoms with Crippen molar-refractivity contribution < 1.29 is 66.2 Å². The van der Waals surface area contributed by atoms with Crippen molar-refractivity contribution in [1.29, 1.82) is 0 Å². The molecule has 8 heteroatoms. The van der Waals surface area contributed by atoms with E-state index >= 15 is 0 Å². The Labute approximate surface area is 115 Å². The SMILES string of the molecule is O=C([O-])Cn1cc([N+](=O)[O-])cn1.[K+]. The summed E-state index contributed by atoms with van der Waals surface area (Å²) >= 11 is 0. The standard InChI is InChI=1S/C5H5N3O4.K/c9-5(10)3-7-2-4(1-6-7)8(11)12;/h1-2H,3H2,(H,9,10);/q;+1/p-1. The van der Waals surface area contributed by atoms with Gasteiger partial charge in [0.2, 0.25) is 0 Å². The van der Waals surface area contributed by atoms with E-state index in [4.69, 9.17) is 0 Å². The summed E-state index contributed by atoms with van der Waals surface area (Å²) in [5.41, 5.74) is -0.240. The second kappa shape index (κ2) is 5.45. The van der Waals surface area contributed by atoms with Gasteiger partial charge in [0.25, 0.3) is 0 Å². The van der Waals surface area contributed by atoms with E-state index < -0.39 is 17.4 Å². The molecule has 1 rings (SSSR count). The Hall–Kier alpha value is -0.284. The molecule has 0 aliphatic carbocycles. The summed E-state index contributed by atoms with van der Waals surface area (Å²) in [4.78, 5) is 19.4. The third-order valence-electron chi connectivity index (χ3n) is 1.12. The zero-order chi connectivity index (χ0) is 9.14. The second-order valence-electron chi connectivity index (χ2n) is 2.03. The number of carboxylic acid groups (broad SMARTS) is 1. The molecule has 0 amide bonds. The molecule has 1 aromatic heterocycles. The maximum absolute atomic E-state index is 10.1. The van der Waals surface area contributed by atoms with Gasteiger partial charge in [0.1, 0.15) is 12.4 Å².